The van der Waals surface area contributed by atoms with Gasteiger partial charge >= 0.3 is 0 Å². The van der Waals surface area contributed by atoms with Gasteiger partial charge in [0, 0.05) is 17.3 Å². The summed E-state index contributed by atoms with van der Waals surface area (Å²) in [7, 11) is 0. The van der Waals surface area contributed by atoms with Crippen molar-refractivity contribution in [1.29, 1.82) is 0 Å². The second-order valence-electron chi connectivity index (χ2n) is 5.80. The van der Waals surface area contributed by atoms with E-state index in [-0.39, 0.29) is 11.8 Å². The molecule has 0 aromatic carbocycles. The number of amides is 1. The molecule has 1 saturated carbocycles. The van der Waals surface area contributed by atoms with Crippen LogP contribution in [0.1, 0.15) is 45.4 Å². The average molecular weight is 270 g/mol. The predicted octanol–water partition coefficient (Wildman–Crippen LogP) is 2.17. The molecule has 1 amide bonds. The summed E-state index contributed by atoms with van der Waals surface area (Å²) in [6.07, 6.45) is 9.69. The summed E-state index contributed by atoms with van der Waals surface area (Å²) >= 11 is 1.95. The van der Waals surface area contributed by atoms with Gasteiger partial charge in [-0.15, -0.1) is 0 Å². The van der Waals surface area contributed by atoms with E-state index in [2.05, 4.69) is 23.8 Å². The van der Waals surface area contributed by atoms with Gasteiger partial charge in [-0.05, 0) is 39.0 Å². The van der Waals surface area contributed by atoms with E-state index in [1.807, 2.05) is 11.8 Å². The highest BCUT2D eigenvalue weighted by Gasteiger charge is 2.34. The maximum atomic E-state index is 12.2. The van der Waals surface area contributed by atoms with Crippen molar-refractivity contribution in [1.82, 2.24) is 10.6 Å². The monoisotopic (exact) mass is 270 g/mol. The van der Waals surface area contributed by atoms with Crippen LogP contribution in [-0.2, 0) is 4.79 Å². The van der Waals surface area contributed by atoms with Gasteiger partial charge in [0.15, 0.2) is 0 Å². The Morgan fingerprint density at radius 2 is 2.11 bits per heavy atom. The number of rotatable bonds is 4. The first kappa shape index (κ1) is 14.2. The van der Waals surface area contributed by atoms with Crippen molar-refractivity contribution in [2.45, 2.75) is 56.2 Å². The number of carbonyl (C=O) groups is 1. The fraction of sp³-hybridized carbons (Fsp3) is 0.929. The zero-order valence-electron chi connectivity index (χ0n) is 11.6. The summed E-state index contributed by atoms with van der Waals surface area (Å²) in [5.41, 5.74) is 0. The molecule has 0 spiro atoms. The van der Waals surface area contributed by atoms with E-state index in [1.165, 1.54) is 32.1 Å². The first-order chi connectivity index (χ1) is 8.67. The molecule has 4 heteroatoms. The summed E-state index contributed by atoms with van der Waals surface area (Å²) in [5, 5.41) is 6.56. The molecule has 2 unspecified atom stereocenters. The van der Waals surface area contributed by atoms with Gasteiger partial charge in [0.1, 0.15) is 0 Å². The summed E-state index contributed by atoms with van der Waals surface area (Å²) < 4.78 is 0.309. The average Bonchev–Trinajstić information content (AvgIpc) is 2.83. The van der Waals surface area contributed by atoms with Crippen molar-refractivity contribution in [3.05, 3.63) is 0 Å². The Bertz CT molecular complexity index is 290. The lowest BCUT2D eigenvalue weighted by atomic mass is 9.88. The molecular formula is C14H26N2OS. The molecule has 0 bridgehead atoms. The fourth-order valence-electron chi connectivity index (χ4n) is 3.25. The number of hydrogen-bond donors (Lipinski definition) is 2. The minimum absolute atomic E-state index is 0.174. The summed E-state index contributed by atoms with van der Waals surface area (Å²) in [4.78, 5) is 12.2. The van der Waals surface area contributed by atoms with E-state index < -0.39 is 0 Å². The fourth-order valence-corrected chi connectivity index (χ4v) is 4.16. The SMILES string of the molecule is CSC1(CNC(=O)C2CCNC2C)CCCCC1. The van der Waals surface area contributed by atoms with Crippen LogP contribution < -0.4 is 10.6 Å². The quantitative estimate of drug-likeness (QED) is 0.822. The van der Waals surface area contributed by atoms with Gasteiger partial charge in [0.05, 0.1) is 5.92 Å². The molecule has 0 aromatic rings. The van der Waals surface area contributed by atoms with Gasteiger partial charge in [-0.1, -0.05) is 19.3 Å². The van der Waals surface area contributed by atoms with E-state index in [0.717, 1.165) is 19.5 Å². The maximum Gasteiger partial charge on any atom is 0.224 e. The molecule has 1 saturated heterocycles. The van der Waals surface area contributed by atoms with Gasteiger partial charge in [-0.25, -0.2) is 0 Å². The normalized spacial score (nSPS) is 31.2. The maximum absolute atomic E-state index is 12.2. The molecule has 1 heterocycles. The van der Waals surface area contributed by atoms with Crippen molar-refractivity contribution in [2.75, 3.05) is 19.3 Å². The van der Waals surface area contributed by atoms with Gasteiger partial charge < -0.3 is 10.6 Å². The smallest absolute Gasteiger partial charge is 0.224 e. The highest BCUT2D eigenvalue weighted by molar-refractivity contribution is 8.00. The lowest BCUT2D eigenvalue weighted by Crippen LogP contribution is -2.45. The molecule has 2 aliphatic rings. The van der Waals surface area contributed by atoms with Crippen molar-refractivity contribution < 1.29 is 4.79 Å². The molecule has 18 heavy (non-hydrogen) atoms. The van der Waals surface area contributed by atoms with Crippen LogP contribution in [0.5, 0.6) is 0 Å². The molecule has 0 aromatic heterocycles. The third-order valence-corrected chi connectivity index (χ3v) is 6.06. The molecule has 1 aliphatic carbocycles. The van der Waals surface area contributed by atoms with Crippen LogP contribution in [0.4, 0.5) is 0 Å². The second kappa shape index (κ2) is 6.29. The van der Waals surface area contributed by atoms with Gasteiger partial charge in [-0.3, -0.25) is 4.79 Å². The van der Waals surface area contributed by atoms with Crippen LogP contribution in [0.3, 0.4) is 0 Å². The Balaban J connectivity index is 1.83. The van der Waals surface area contributed by atoms with Crippen LogP contribution in [0.2, 0.25) is 0 Å². The third-order valence-electron chi connectivity index (χ3n) is 4.64. The zero-order valence-corrected chi connectivity index (χ0v) is 12.4. The van der Waals surface area contributed by atoms with Crippen molar-refractivity contribution in [3.8, 4) is 0 Å². The Labute approximate surface area is 115 Å². The minimum Gasteiger partial charge on any atom is -0.354 e. The number of thioether (sulfide) groups is 1. The first-order valence-electron chi connectivity index (χ1n) is 7.23. The van der Waals surface area contributed by atoms with Crippen molar-refractivity contribution in [3.63, 3.8) is 0 Å². The van der Waals surface area contributed by atoms with Crippen molar-refractivity contribution in [2.24, 2.45) is 5.92 Å². The van der Waals surface area contributed by atoms with E-state index in [9.17, 15) is 4.79 Å². The zero-order chi connectivity index (χ0) is 13.0. The van der Waals surface area contributed by atoms with E-state index in [1.54, 1.807) is 0 Å². The molecular weight excluding hydrogens is 244 g/mol. The third kappa shape index (κ3) is 3.21. The molecule has 0 radical (unpaired) electrons. The summed E-state index contributed by atoms with van der Waals surface area (Å²) in [5.74, 6) is 0.430. The van der Waals surface area contributed by atoms with Gasteiger partial charge in [0.25, 0.3) is 0 Å². The highest BCUT2D eigenvalue weighted by atomic mass is 32.2. The Kier molecular flexibility index (Phi) is 4.96. The molecule has 2 atom stereocenters. The summed E-state index contributed by atoms with van der Waals surface area (Å²) in [6.45, 7) is 3.95. The molecule has 2 N–H and O–H groups in total. The van der Waals surface area contributed by atoms with Crippen LogP contribution in [0.25, 0.3) is 0 Å². The van der Waals surface area contributed by atoms with Gasteiger partial charge in [0.2, 0.25) is 5.91 Å². The van der Waals surface area contributed by atoms with E-state index >= 15 is 0 Å². The highest BCUT2D eigenvalue weighted by Crippen LogP contribution is 2.38. The van der Waals surface area contributed by atoms with Crippen LogP contribution in [0, 0.1) is 5.92 Å². The number of hydrogen-bond acceptors (Lipinski definition) is 3. The Morgan fingerprint density at radius 1 is 1.39 bits per heavy atom. The molecule has 3 nitrogen and oxygen atoms in total. The van der Waals surface area contributed by atoms with E-state index in [4.69, 9.17) is 0 Å². The van der Waals surface area contributed by atoms with Crippen LogP contribution in [0.15, 0.2) is 0 Å². The second-order valence-corrected chi connectivity index (χ2v) is 7.08. The molecule has 2 fully saturated rings. The lowest BCUT2D eigenvalue weighted by Gasteiger charge is -2.36. The number of carbonyl (C=O) groups excluding carboxylic acids is 1. The van der Waals surface area contributed by atoms with Crippen LogP contribution >= 0.6 is 11.8 Å². The Morgan fingerprint density at radius 3 is 2.67 bits per heavy atom. The topological polar surface area (TPSA) is 41.1 Å². The van der Waals surface area contributed by atoms with Crippen molar-refractivity contribution >= 4 is 17.7 Å². The lowest BCUT2D eigenvalue weighted by molar-refractivity contribution is -0.125. The number of nitrogens with one attached hydrogen (secondary N) is 2. The Hall–Kier alpha value is -0.220. The van der Waals surface area contributed by atoms with Crippen LogP contribution in [-0.4, -0.2) is 36.0 Å². The summed E-state index contributed by atoms with van der Waals surface area (Å²) in [6, 6.07) is 0.335. The molecule has 2 rings (SSSR count). The van der Waals surface area contributed by atoms with Gasteiger partial charge in [-0.2, -0.15) is 11.8 Å². The molecule has 1 aliphatic heterocycles. The predicted molar refractivity (Wildman–Crippen MR) is 77.9 cm³/mol. The largest absolute Gasteiger partial charge is 0.354 e. The minimum atomic E-state index is 0.174. The standard InChI is InChI=1S/C14H26N2OS/c1-11-12(6-9-15-11)13(17)16-10-14(18-2)7-4-3-5-8-14/h11-12,15H,3-10H2,1-2H3,(H,16,17). The molecule has 104 valence electrons. The van der Waals surface area contributed by atoms with E-state index in [0.29, 0.717) is 10.8 Å². The first-order valence-corrected chi connectivity index (χ1v) is 8.46.